The fraction of sp³-hybridized carbons (Fsp3) is 0.750. The Bertz CT molecular complexity index is 498. The van der Waals surface area contributed by atoms with Crippen LogP contribution in [0.5, 0.6) is 0 Å². The van der Waals surface area contributed by atoms with Crippen LogP contribution in [0.15, 0.2) is 12.4 Å². The molecule has 2 aliphatic heterocycles. The van der Waals surface area contributed by atoms with Crippen LogP contribution >= 0.6 is 0 Å². The molecule has 2 saturated heterocycles. The van der Waals surface area contributed by atoms with Crippen LogP contribution in [0.1, 0.15) is 45.4 Å². The summed E-state index contributed by atoms with van der Waals surface area (Å²) < 4.78 is 2.22. The van der Waals surface area contributed by atoms with E-state index in [1.54, 1.807) is 6.92 Å². The number of hydrogen-bond donors (Lipinski definition) is 0. The number of likely N-dealkylation sites (tertiary alicyclic amines) is 2. The number of carbonyl (C=O) groups is 1. The summed E-state index contributed by atoms with van der Waals surface area (Å²) in [6, 6.07) is 0.924. The Kier molecular flexibility index (Phi) is 4.29. The molecule has 0 aliphatic carbocycles. The van der Waals surface area contributed by atoms with Crippen molar-refractivity contribution in [2.45, 2.75) is 64.7 Å². The smallest absolute Gasteiger partial charge is 0.219 e. The monoisotopic (exact) mass is 290 g/mol. The largest absolute Gasteiger partial charge is 0.338 e. The molecular formula is C16H26N4O. The Balaban J connectivity index is 1.72. The van der Waals surface area contributed by atoms with Crippen molar-refractivity contribution in [1.82, 2.24) is 19.4 Å². The van der Waals surface area contributed by atoms with E-state index < -0.39 is 0 Å². The maximum Gasteiger partial charge on any atom is 0.219 e. The van der Waals surface area contributed by atoms with Gasteiger partial charge in [0.25, 0.3) is 0 Å². The number of carbonyl (C=O) groups excluding carboxylic acids is 1. The highest BCUT2D eigenvalue weighted by atomic mass is 16.2. The summed E-state index contributed by atoms with van der Waals surface area (Å²) in [5.74, 6) is 1.39. The standard InChI is InChI=1S/C16H26N4O/c1-3-18-11-8-17-16(18)12-19-9-4-6-14(19)15-7-5-10-20(15)13(2)21/h8,11,14-15H,3-7,9-10,12H2,1-2H3/t14-,15-/m1/s1. The molecule has 5 heteroatoms. The van der Waals surface area contributed by atoms with Crippen molar-refractivity contribution in [2.75, 3.05) is 13.1 Å². The minimum atomic E-state index is 0.236. The van der Waals surface area contributed by atoms with Crippen molar-refractivity contribution in [3.63, 3.8) is 0 Å². The van der Waals surface area contributed by atoms with E-state index in [2.05, 4.69) is 32.5 Å². The molecule has 0 aromatic carbocycles. The molecule has 1 amide bonds. The van der Waals surface area contributed by atoms with Gasteiger partial charge in [-0.05, 0) is 39.2 Å². The molecule has 0 spiro atoms. The van der Waals surface area contributed by atoms with Crippen molar-refractivity contribution < 1.29 is 4.79 Å². The van der Waals surface area contributed by atoms with Gasteiger partial charge in [-0.25, -0.2) is 4.98 Å². The van der Waals surface area contributed by atoms with Gasteiger partial charge >= 0.3 is 0 Å². The predicted octanol–water partition coefficient (Wildman–Crippen LogP) is 1.88. The van der Waals surface area contributed by atoms with Gasteiger partial charge < -0.3 is 9.47 Å². The number of nitrogens with zero attached hydrogens (tertiary/aromatic N) is 4. The van der Waals surface area contributed by atoms with E-state index in [1.165, 1.54) is 12.8 Å². The van der Waals surface area contributed by atoms with Crippen LogP contribution < -0.4 is 0 Å². The molecule has 2 aliphatic rings. The minimum Gasteiger partial charge on any atom is -0.338 e. The van der Waals surface area contributed by atoms with Crippen molar-refractivity contribution >= 4 is 5.91 Å². The van der Waals surface area contributed by atoms with Gasteiger partial charge in [0.15, 0.2) is 0 Å². The first-order chi connectivity index (χ1) is 10.2. The Labute approximate surface area is 126 Å². The van der Waals surface area contributed by atoms with Crippen LogP contribution in [0.3, 0.4) is 0 Å². The molecule has 1 aromatic rings. The summed E-state index contributed by atoms with van der Waals surface area (Å²) in [4.78, 5) is 21.0. The molecule has 0 saturated carbocycles. The van der Waals surface area contributed by atoms with Crippen LogP contribution in [0, 0.1) is 0 Å². The molecule has 2 atom stereocenters. The molecule has 21 heavy (non-hydrogen) atoms. The van der Waals surface area contributed by atoms with Gasteiger partial charge in [0, 0.05) is 44.5 Å². The highest BCUT2D eigenvalue weighted by molar-refractivity contribution is 5.74. The third-order valence-electron chi connectivity index (χ3n) is 5.05. The molecule has 5 nitrogen and oxygen atoms in total. The molecule has 0 radical (unpaired) electrons. The summed E-state index contributed by atoms with van der Waals surface area (Å²) in [5, 5.41) is 0. The second-order valence-corrected chi connectivity index (χ2v) is 6.23. The van der Waals surface area contributed by atoms with Gasteiger partial charge in [0.05, 0.1) is 6.54 Å². The van der Waals surface area contributed by atoms with Crippen LogP contribution in [-0.4, -0.2) is 50.4 Å². The van der Waals surface area contributed by atoms with Gasteiger partial charge in [-0.1, -0.05) is 0 Å². The molecule has 3 rings (SSSR count). The van der Waals surface area contributed by atoms with Gasteiger partial charge in [-0.3, -0.25) is 9.69 Å². The number of hydrogen-bond acceptors (Lipinski definition) is 3. The molecule has 3 heterocycles. The number of aryl methyl sites for hydroxylation is 1. The number of amides is 1. The lowest BCUT2D eigenvalue weighted by Crippen LogP contribution is -2.47. The topological polar surface area (TPSA) is 41.4 Å². The van der Waals surface area contributed by atoms with E-state index in [9.17, 15) is 4.79 Å². The Morgan fingerprint density at radius 2 is 2.05 bits per heavy atom. The lowest BCUT2D eigenvalue weighted by atomic mass is 10.0. The van der Waals surface area contributed by atoms with E-state index >= 15 is 0 Å². The third-order valence-corrected chi connectivity index (χ3v) is 5.05. The van der Waals surface area contributed by atoms with Crippen molar-refractivity contribution in [2.24, 2.45) is 0 Å². The van der Waals surface area contributed by atoms with Crippen LogP contribution in [-0.2, 0) is 17.9 Å². The zero-order valence-electron chi connectivity index (χ0n) is 13.2. The van der Waals surface area contributed by atoms with E-state index in [4.69, 9.17) is 0 Å². The Morgan fingerprint density at radius 1 is 1.29 bits per heavy atom. The van der Waals surface area contributed by atoms with Crippen LogP contribution in [0.4, 0.5) is 0 Å². The van der Waals surface area contributed by atoms with Crippen LogP contribution in [0.2, 0.25) is 0 Å². The van der Waals surface area contributed by atoms with Gasteiger partial charge in [-0.15, -0.1) is 0 Å². The average molecular weight is 290 g/mol. The van der Waals surface area contributed by atoms with Crippen molar-refractivity contribution in [1.29, 1.82) is 0 Å². The second kappa shape index (κ2) is 6.18. The summed E-state index contributed by atoms with van der Waals surface area (Å²) in [5.41, 5.74) is 0. The second-order valence-electron chi connectivity index (χ2n) is 6.23. The normalized spacial score (nSPS) is 26.7. The molecule has 1 aromatic heterocycles. The highest BCUT2D eigenvalue weighted by Gasteiger charge is 2.38. The first-order valence-corrected chi connectivity index (χ1v) is 8.22. The Morgan fingerprint density at radius 3 is 2.81 bits per heavy atom. The summed E-state index contributed by atoms with van der Waals surface area (Å²) in [7, 11) is 0. The van der Waals surface area contributed by atoms with Gasteiger partial charge in [0.2, 0.25) is 5.91 Å². The van der Waals surface area contributed by atoms with Crippen LogP contribution in [0.25, 0.3) is 0 Å². The highest BCUT2D eigenvalue weighted by Crippen LogP contribution is 2.30. The predicted molar refractivity (Wildman–Crippen MR) is 81.7 cm³/mol. The number of imidazole rings is 1. The fourth-order valence-electron chi connectivity index (χ4n) is 4.03. The zero-order valence-corrected chi connectivity index (χ0v) is 13.2. The molecule has 0 N–H and O–H groups in total. The van der Waals surface area contributed by atoms with Crippen molar-refractivity contribution in [3.05, 3.63) is 18.2 Å². The quantitative estimate of drug-likeness (QED) is 0.850. The maximum atomic E-state index is 11.8. The summed E-state index contributed by atoms with van der Waals surface area (Å²) in [6.07, 6.45) is 8.70. The Hall–Kier alpha value is -1.36. The molecular weight excluding hydrogens is 264 g/mol. The lowest BCUT2D eigenvalue weighted by molar-refractivity contribution is -0.130. The zero-order chi connectivity index (χ0) is 14.8. The first kappa shape index (κ1) is 14.6. The van der Waals surface area contributed by atoms with Crippen molar-refractivity contribution in [3.8, 4) is 0 Å². The number of rotatable bonds is 4. The minimum absolute atomic E-state index is 0.236. The SMILES string of the molecule is CCn1ccnc1CN1CCC[C@@H]1[C@H]1CCCN1C(C)=O. The molecule has 116 valence electrons. The van der Waals surface area contributed by atoms with E-state index in [0.29, 0.717) is 12.1 Å². The van der Waals surface area contributed by atoms with Gasteiger partial charge in [-0.2, -0.15) is 0 Å². The van der Waals surface area contributed by atoms with E-state index in [0.717, 1.165) is 44.8 Å². The third kappa shape index (κ3) is 2.84. The summed E-state index contributed by atoms with van der Waals surface area (Å²) in [6.45, 7) is 7.81. The molecule has 0 bridgehead atoms. The fourth-order valence-corrected chi connectivity index (χ4v) is 4.03. The summed E-state index contributed by atoms with van der Waals surface area (Å²) >= 11 is 0. The average Bonchev–Trinajstić information content (AvgIpc) is 3.18. The molecule has 0 unspecified atom stereocenters. The first-order valence-electron chi connectivity index (χ1n) is 8.22. The van der Waals surface area contributed by atoms with E-state index in [1.807, 2.05) is 6.20 Å². The van der Waals surface area contributed by atoms with E-state index in [-0.39, 0.29) is 5.91 Å². The van der Waals surface area contributed by atoms with Gasteiger partial charge in [0.1, 0.15) is 5.82 Å². The maximum absolute atomic E-state index is 11.8. The number of aromatic nitrogens is 2. The lowest BCUT2D eigenvalue weighted by Gasteiger charge is -2.34. The molecule has 2 fully saturated rings.